The summed E-state index contributed by atoms with van der Waals surface area (Å²) in [5.41, 5.74) is 3.37. The summed E-state index contributed by atoms with van der Waals surface area (Å²) in [5.74, 6) is 0.504. The third-order valence-electron chi connectivity index (χ3n) is 4.14. The molecule has 0 aromatic carbocycles. The highest BCUT2D eigenvalue weighted by Gasteiger charge is 2.27. The van der Waals surface area contributed by atoms with Crippen LogP contribution in [0.2, 0.25) is 0 Å². The molecule has 1 aliphatic rings. The normalized spacial score (nSPS) is 15.5. The van der Waals surface area contributed by atoms with E-state index in [1.165, 1.54) is 17.9 Å². The van der Waals surface area contributed by atoms with Crippen LogP contribution >= 0.6 is 0 Å². The van der Waals surface area contributed by atoms with Gasteiger partial charge in [-0.1, -0.05) is 6.08 Å². The van der Waals surface area contributed by atoms with Gasteiger partial charge in [-0.15, -0.1) is 0 Å². The number of carbonyl (C=O) groups excluding carboxylic acids is 2. The van der Waals surface area contributed by atoms with Crippen LogP contribution in [-0.4, -0.2) is 35.8 Å². The molecule has 7 nitrogen and oxygen atoms in total. The molecular weight excluding hydrogens is 358 g/mol. The van der Waals surface area contributed by atoms with Crippen molar-refractivity contribution in [1.82, 2.24) is 15.5 Å². The lowest BCUT2D eigenvalue weighted by molar-refractivity contribution is -0.124. The van der Waals surface area contributed by atoms with E-state index in [9.17, 15) is 14.7 Å². The highest BCUT2D eigenvalue weighted by molar-refractivity contribution is 6.04. The third kappa shape index (κ3) is 5.39. The van der Waals surface area contributed by atoms with E-state index in [1.54, 1.807) is 32.5 Å². The number of aliphatic hydroxyl groups excluding tert-OH is 1. The van der Waals surface area contributed by atoms with Crippen molar-refractivity contribution in [3.8, 4) is 0 Å². The van der Waals surface area contributed by atoms with E-state index in [4.69, 9.17) is 4.42 Å². The second-order valence-corrected chi connectivity index (χ2v) is 6.93. The standard InChI is InChI=1S/C21H27N3O4/c1-13-9-16(28-12-13)11-22-18-10-19(26)20(18)23-14(2)7-6-8-17(15(3)25)21(27)24(4)5/h6-9,12,22-23,25H,10-11H2,1-5H3/b8-6-,14-7+,17-15-. The summed E-state index contributed by atoms with van der Waals surface area (Å²) in [6.45, 7) is 5.76. The minimum absolute atomic E-state index is 0.0319. The zero-order valence-electron chi connectivity index (χ0n) is 16.9. The molecule has 0 saturated heterocycles. The number of hydrogen-bond acceptors (Lipinski definition) is 6. The van der Waals surface area contributed by atoms with Crippen LogP contribution in [0.1, 0.15) is 31.6 Å². The Hall–Kier alpha value is -3.22. The van der Waals surface area contributed by atoms with Crippen molar-refractivity contribution in [3.63, 3.8) is 0 Å². The summed E-state index contributed by atoms with van der Waals surface area (Å²) in [7, 11) is 3.24. The Balaban J connectivity index is 2.01. The zero-order valence-corrected chi connectivity index (χ0v) is 16.9. The monoisotopic (exact) mass is 385 g/mol. The molecule has 0 unspecified atom stereocenters. The first-order valence-corrected chi connectivity index (χ1v) is 8.96. The number of furan rings is 1. The molecule has 0 aliphatic heterocycles. The number of nitrogens with zero attached hydrogens (tertiary/aromatic N) is 1. The van der Waals surface area contributed by atoms with Crippen LogP contribution in [0, 0.1) is 6.92 Å². The van der Waals surface area contributed by atoms with Gasteiger partial charge in [0, 0.05) is 25.5 Å². The number of ketones is 1. The average Bonchev–Trinajstić information content (AvgIpc) is 3.04. The van der Waals surface area contributed by atoms with Gasteiger partial charge in [-0.25, -0.2) is 0 Å². The first-order chi connectivity index (χ1) is 13.2. The van der Waals surface area contributed by atoms with Gasteiger partial charge in [0.1, 0.15) is 17.2 Å². The van der Waals surface area contributed by atoms with Gasteiger partial charge >= 0.3 is 0 Å². The highest BCUT2D eigenvalue weighted by atomic mass is 16.3. The van der Waals surface area contributed by atoms with Crippen LogP contribution in [0.15, 0.2) is 63.4 Å². The molecule has 0 saturated carbocycles. The second-order valence-electron chi connectivity index (χ2n) is 6.93. The molecule has 0 bridgehead atoms. The van der Waals surface area contributed by atoms with Crippen LogP contribution < -0.4 is 10.6 Å². The van der Waals surface area contributed by atoms with Crippen molar-refractivity contribution in [3.05, 3.63) is 70.3 Å². The van der Waals surface area contributed by atoms with E-state index in [0.29, 0.717) is 18.7 Å². The number of aliphatic hydroxyl groups is 1. The van der Waals surface area contributed by atoms with E-state index < -0.39 is 0 Å². The number of likely N-dealkylation sites (N-methyl/N-ethyl adjacent to an activating group) is 1. The van der Waals surface area contributed by atoms with Crippen molar-refractivity contribution in [1.29, 1.82) is 0 Å². The van der Waals surface area contributed by atoms with Crippen LogP contribution in [-0.2, 0) is 16.1 Å². The molecule has 1 aromatic heterocycles. The van der Waals surface area contributed by atoms with Crippen molar-refractivity contribution in [2.75, 3.05) is 14.1 Å². The van der Waals surface area contributed by atoms with Gasteiger partial charge in [-0.05, 0) is 44.6 Å². The first-order valence-electron chi connectivity index (χ1n) is 8.96. The van der Waals surface area contributed by atoms with Crippen LogP contribution in [0.4, 0.5) is 0 Å². The topological polar surface area (TPSA) is 94.8 Å². The van der Waals surface area contributed by atoms with E-state index in [-0.39, 0.29) is 23.0 Å². The number of hydrogen-bond donors (Lipinski definition) is 3. The lowest BCUT2D eigenvalue weighted by Gasteiger charge is -2.24. The van der Waals surface area contributed by atoms with Crippen molar-refractivity contribution >= 4 is 11.7 Å². The minimum atomic E-state index is -0.285. The maximum absolute atomic E-state index is 12.0. The van der Waals surface area contributed by atoms with Gasteiger partial charge in [0.25, 0.3) is 5.91 Å². The van der Waals surface area contributed by atoms with Gasteiger partial charge < -0.3 is 25.1 Å². The fourth-order valence-electron chi connectivity index (χ4n) is 2.59. The summed E-state index contributed by atoms with van der Waals surface area (Å²) >= 11 is 0. The highest BCUT2D eigenvalue weighted by Crippen LogP contribution is 2.21. The Kier molecular flexibility index (Phi) is 6.87. The molecule has 3 N–H and O–H groups in total. The van der Waals surface area contributed by atoms with Crippen molar-refractivity contribution in [2.45, 2.75) is 33.7 Å². The molecule has 1 amide bonds. The molecule has 0 fully saturated rings. The van der Waals surface area contributed by atoms with Crippen molar-refractivity contribution < 1.29 is 19.1 Å². The fourth-order valence-corrected chi connectivity index (χ4v) is 2.59. The summed E-state index contributed by atoms with van der Waals surface area (Å²) in [6.07, 6.45) is 6.98. The average molecular weight is 385 g/mol. The number of nitrogens with one attached hydrogen (secondary N) is 2. The molecule has 150 valence electrons. The number of Topliss-reactive ketones (excluding diaryl/α,β-unsaturated/α-hetero) is 1. The predicted molar refractivity (Wildman–Crippen MR) is 107 cm³/mol. The molecule has 0 atom stereocenters. The van der Waals surface area contributed by atoms with E-state index in [2.05, 4.69) is 10.6 Å². The summed E-state index contributed by atoms with van der Waals surface area (Å²) in [5, 5.41) is 16.0. The molecule has 1 aromatic rings. The predicted octanol–water partition coefficient (Wildman–Crippen LogP) is 2.83. The third-order valence-corrected chi connectivity index (χ3v) is 4.14. The first kappa shape index (κ1) is 21.1. The fraction of sp³-hybridized carbons (Fsp3) is 0.333. The SMILES string of the molecule is C\C(O)=C(/C=C\C=C(/C)NC1=C(NCc2cc(C)co2)CC1=O)C(=O)N(C)C. The molecule has 28 heavy (non-hydrogen) atoms. The van der Waals surface area contributed by atoms with Gasteiger partial charge in [-0.2, -0.15) is 0 Å². The molecule has 1 aliphatic carbocycles. The quantitative estimate of drug-likeness (QED) is 0.362. The van der Waals surface area contributed by atoms with Gasteiger partial charge in [0.2, 0.25) is 0 Å². The number of rotatable bonds is 8. The van der Waals surface area contributed by atoms with Gasteiger partial charge in [0.05, 0.1) is 24.8 Å². The van der Waals surface area contributed by atoms with E-state index in [0.717, 1.165) is 22.7 Å². The summed E-state index contributed by atoms with van der Waals surface area (Å²) in [4.78, 5) is 25.3. The Morgan fingerprint density at radius 2 is 2.07 bits per heavy atom. The number of carbonyl (C=O) groups is 2. The molecule has 2 rings (SSSR count). The Morgan fingerprint density at radius 3 is 2.61 bits per heavy atom. The van der Waals surface area contributed by atoms with Crippen LogP contribution in [0.25, 0.3) is 0 Å². The summed E-state index contributed by atoms with van der Waals surface area (Å²) in [6, 6.07) is 1.94. The number of amides is 1. The zero-order chi connectivity index (χ0) is 20.8. The van der Waals surface area contributed by atoms with Crippen LogP contribution in [0.5, 0.6) is 0 Å². The summed E-state index contributed by atoms with van der Waals surface area (Å²) < 4.78 is 5.39. The molecule has 1 heterocycles. The lowest BCUT2D eigenvalue weighted by atomic mass is 9.98. The minimum Gasteiger partial charge on any atom is -0.512 e. The Labute approximate surface area is 165 Å². The van der Waals surface area contributed by atoms with Crippen LogP contribution in [0.3, 0.4) is 0 Å². The largest absolute Gasteiger partial charge is 0.512 e. The molecular formula is C21H27N3O4. The van der Waals surface area contributed by atoms with E-state index >= 15 is 0 Å². The maximum Gasteiger partial charge on any atom is 0.256 e. The smallest absolute Gasteiger partial charge is 0.256 e. The molecule has 0 spiro atoms. The molecule has 7 heteroatoms. The van der Waals surface area contributed by atoms with Gasteiger partial charge in [0.15, 0.2) is 5.78 Å². The van der Waals surface area contributed by atoms with E-state index in [1.807, 2.05) is 19.9 Å². The number of allylic oxidation sites excluding steroid dienone is 6. The number of aryl methyl sites for hydroxylation is 1. The lowest BCUT2D eigenvalue weighted by Crippen LogP contribution is -2.35. The van der Waals surface area contributed by atoms with Crippen molar-refractivity contribution in [2.24, 2.45) is 0 Å². The van der Waals surface area contributed by atoms with Gasteiger partial charge in [-0.3, -0.25) is 9.59 Å². The molecule has 0 radical (unpaired) electrons. The maximum atomic E-state index is 12.0. The Bertz CT molecular complexity index is 881. The second kappa shape index (κ2) is 9.12. The Morgan fingerprint density at radius 1 is 1.36 bits per heavy atom.